The van der Waals surface area contributed by atoms with E-state index in [-0.39, 0.29) is 0 Å². The Bertz CT molecular complexity index is 366. The summed E-state index contributed by atoms with van der Waals surface area (Å²) in [6.07, 6.45) is 5.86. The average molecular weight is 228 g/mol. The molecule has 1 atom stereocenters. The minimum atomic E-state index is 0.637. The van der Waals surface area contributed by atoms with Crippen molar-refractivity contribution in [2.24, 2.45) is 5.92 Å². The quantitative estimate of drug-likeness (QED) is 0.589. The maximum atomic E-state index is 4.03. The zero-order valence-corrected chi connectivity index (χ0v) is 11.4. The van der Waals surface area contributed by atoms with Gasteiger partial charge in [-0.25, -0.2) is 0 Å². The standard InChI is InChI=1S/C17H24/c1-14(2)12-17(13-15(3)4)11-10-16-8-6-5-7-9-16/h5-9,13,17H,1,10-12H2,2-4H3. The molecule has 0 bridgehead atoms. The van der Waals surface area contributed by atoms with Gasteiger partial charge in [0.25, 0.3) is 0 Å². The van der Waals surface area contributed by atoms with E-state index in [4.69, 9.17) is 0 Å². The Morgan fingerprint density at radius 3 is 2.35 bits per heavy atom. The molecule has 1 aromatic carbocycles. The average Bonchev–Trinajstić information content (AvgIpc) is 2.26. The predicted molar refractivity (Wildman–Crippen MR) is 77.1 cm³/mol. The smallest absolute Gasteiger partial charge is 0.0191 e. The van der Waals surface area contributed by atoms with Crippen molar-refractivity contribution in [1.29, 1.82) is 0 Å². The molecule has 92 valence electrons. The molecule has 0 saturated carbocycles. The Hall–Kier alpha value is -1.30. The Kier molecular flexibility index (Phi) is 5.76. The van der Waals surface area contributed by atoms with Crippen LogP contribution >= 0.6 is 0 Å². The van der Waals surface area contributed by atoms with Gasteiger partial charge in [0.05, 0.1) is 0 Å². The number of aryl methyl sites for hydroxylation is 1. The molecule has 0 heteroatoms. The van der Waals surface area contributed by atoms with Crippen molar-refractivity contribution in [3.63, 3.8) is 0 Å². The summed E-state index contributed by atoms with van der Waals surface area (Å²) in [7, 11) is 0. The van der Waals surface area contributed by atoms with Gasteiger partial charge >= 0.3 is 0 Å². The molecule has 0 N–H and O–H groups in total. The Labute approximate surface area is 106 Å². The highest BCUT2D eigenvalue weighted by Gasteiger charge is 2.06. The molecule has 1 unspecified atom stereocenters. The van der Waals surface area contributed by atoms with Crippen LogP contribution in [0.4, 0.5) is 0 Å². The lowest BCUT2D eigenvalue weighted by molar-refractivity contribution is 0.582. The van der Waals surface area contributed by atoms with Gasteiger partial charge in [-0.15, -0.1) is 6.58 Å². The first-order valence-electron chi connectivity index (χ1n) is 6.41. The maximum absolute atomic E-state index is 4.03. The normalized spacial score (nSPS) is 11.9. The predicted octanol–water partition coefficient (Wildman–Crippen LogP) is 5.17. The number of hydrogen-bond donors (Lipinski definition) is 0. The van der Waals surface area contributed by atoms with Crippen LogP contribution in [0.15, 0.2) is 54.1 Å². The van der Waals surface area contributed by atoms with Gasteiger partial charge in [0.15, 0.2) is 0 Å². The highest BCUT2D eigenvalue weighted by Crippen LogP contribution is 2.20. The monoisotopic (exact) mass is 228 g/mol. The number of allylic oxidation sites excluding steroid dienone is 3. The van der Waals surface area contributed by atoms with Crippen molar-refractivity contribution in [1.82, 2.24) is 0 Å². The molecule has 0 fully saturated rings. The van der Waals surface area contributed by atoms with Crippen LogP contribution in [0, 0.1) is 5.92 Å². The van der Waals surface area contributed by atoms with Crippen LogP contribution in [-0.2, 0) is 6.42 Å². The molecule has 0 aliphatic carbocycles. The Morgan fingerprint density at radius 2 is 1.82 bits per heavy atom. The van der Waals surface area contributed by atoms with Crippen molar-refractivity contribution in [3.05, 3.63) is 59.7 Å². The fraction of sp³-hybridized carbons (Fsp3) is 0.412. The van der Waals surface area contributed by atoms with Crippen LogP contribution in [0.1, 0.15) is 39.2 Å². The molecule has 0 aliphatic rings. The molecular formula is C17H24. The molecule has 0 aliphatic heterocycles. The van der Waals surface area contributed by atoms with Crippen LogP contribution in [-0.4, -0.2) is 0 Å². The lowest BCUT2D eigenvalue weighted by Gasteiger charge is -2.13. The molecule has 0 radical (unpaired) electrons. The summed E-state index contributed by atoms with van der Waals surface area (Å²) in [5.74, 6) is 0.637. The molecule has 0 saturated heterocycles. The Morgan fingerprint density at radius 1 is 1.18 bits per heavy atom. The van der Waals surface area contributed by atoms with Crippen LogP contribution in [0.25, 0.3) is 0 Å². The summed E-state index contributed by atoms with van der Waals surface area (Å²) in [4.78, 5) is 0. The van der Waals surface area contributed by atoms with Crippen molar-refractivity contribution in [2.75, 3.05) is 0 Å². The van der Waals surface area contributed by atoms with E-state index in [1.165, 1.54) is 23.1 Å². The van der Waals surface area contributed by atoms with E-state index in [2.05, 4.69) is 63.8 Å². The lowest BCUT2D eigenvalue weighted by atomic mass is 9.92. The molecule has 0 amide bonds. The summed E-state index contributed by atoms with van der Waals surface area (Å²) in [6.45, 7) is 10.5. The van der Waals surface area contributed by atoms with E-state index in [1.807, 2.05) is 0 Å². The molecule has 1 aromatic rings. The van der Waals surface area contributed by atoms with E-state index in [0.717, 1.165) is 12.8 Å². The van der Waals surface area contributed by atoms with E-state index >= 15 is 0 Å². The second kappa shape index (κ2) is 7.11. The van der Waals surface area contributed by atoms with E-state index in [0.29, 0.717) is 5.92 Å². The van der Waals surface area contributed by atoms with Crippen LogP contribution in [0.3, 0.4) is 0 Å². The minimum Gasteiger partial charge on any atom is -0.100 e. The number of hydrogen-bond acceptors (Lipinski definition) is 0. The first-order valence-corrected chi connectivity index (χ1v) is 6.41. The highest BCUT2D eigenvalue weighted by atomic mass is 14.1. The molecule has 17 heavy (non-hydrogen) atoms. The molecule has 0 aromatic heterocycles. The summed E-state index contributed by atoms with van der Waals surface area (Å²) in [5, 5.41) is 0. The van der Waals surface area contributed by atoms with Gasteiger partial charge in [-0.2, -0.15) is 0 Å². The molecule has 0 heterocycles. The lowest BCUT2D eigenvalue weighted by Crippen LogP contribution is -2.00. The van der Waals surface area contributed by atoms with Gasteiger partial charge < -0.3 is 0 Å². The third kappa shape index (κ3) is 6.11. The third-order valence-electron chi connectivity index (χ3n) is 2.83. The first-order chi connectivity index (χ1) is 8.08. The molecular weight excluding hydrogens is 204 g/mol. The third-order valence-corrected chi connectivity index (χ3v) is 2.83. The minimum absolute atomic E-state index is 0.637. The zero-order valence-electron chi connectivity index (χ0n) is 11.4. The topological polar surface area (TPSA) is 0 Å². The van der Waals surface area contributed by atoms with Crippen molar-refractivity contribution < 1.29 is 0 Å². The molecule has 0 nitrogen and oxygen atoms in total. The van der Waals surface area contributed by atoms with Gasteiger partial charge in [-0.1, -0.05) is 47.6 Å². The summed E-state index contributed by atoms with van der Waals surface area (Å²) in [5.41, 5.74) is 4.12. The molecule has 0 spiro atoms. The number of benzene rings is 1. The van der Waals surface area contributed by atoms with E-state index < -0.39 is 0 Å². The maximum Gasteiger partial charge on any atom is -0.0191 e. The summed E-state index contributed by atoms with van der Waals surface area (Å²) >= 11 is 0. The highest BCUT2D eigenvalue weighted by molar-refractivity contribution is 5.15. The van der Waals surface area contributed by atoms with E-state index in [1.54, 1.807) is 0 Å². The van der Waals surface area contributed by atoms with Crippen molar-refractivity contribution >= 4 is 0 Å². The van der Waals surface area contributed by atoms with Gasteiger partial charge in [-0.3, -0.25) is 0 Å². The van der Waals surface area contributed by atoms with Crippen molar-refractivity contribution in [3.8, 4) is 0 Å². The molecule has 1 rings (SSSR count). The summed E-state index contributed by atoms with van der Waals surface area (Å²) < 4.78 is 0. The second-order valence-corrected chi connectivity index (χ2v) is 5.19. The summed E-state index contributed by atoms with van der Waals surface area (Å²) in [6, 6.07) is 10.7. The van der Waals surface area contributed by atoms with Crippen LogP contribution in [0.2, 0.25) is 0 Å². The SMILES string of the molecule is C=C(C)CC(C=C(C)C)CCc1ccccc1. The van der Waals surface area contributed by atoms with Crippen LogP contribution < -0.4 is 0 Å². The first kappa shape index (κ1) is 13.8. The van der Waals surface area contributed by atoms with Gasteiger partial charge in [0.2, 0.25) is 0 Å². The second-order valence-electron chi connectivity index (χ2n) is 5.19. The fourth-order valence-electron chi connectivity index (χ4n) is 2.16. The largest absolute Gasteiger partial charge is 0.100 e. The van der Waals surface area contributed by atoms with Gasteiger partial charge in [-0.05, 0) is 51.5 Å². The fourth-order valence-corrected chi connectivity index (χ4v) is 2.16. The van der Waals surface area contributed by atoms with Crippen LogP contribution in [0.5, 0.6) is 0 Å². The van der Waals surface area contributed by atoms with Crippen molar-refractivity contribution in [2.45, 2.75) is 40.0 Å². The van der Waals surface area contributed by atoms with Gasteiger partial charge in [0, 0.05) is 0 Å². The Balaban J connectivity index is 2.55. The van der Waals surface area contributed by atoms with E-state index in [9.17, 15) is 0 Å². The number of rotatable bonds is 6. The van der Waals surface area contributed by atoms with Gasteiger partial charge in [0.1, 0.15) is 0 Å². The zero-order chi connectivity index (χ0) is 12.7.